The molecule has 0 aromatic heterocycles. The molecule has 0 N–H and O–H groups in total. The molecule has 0 saturated carbocycles. The maximum absolute atomic E-state index is 12.8. The predicted octanol–water partition coefficient (Wildman–Crippen LogP) is 2.87. The van der Waals surface area contributed by atoms with Crippen LogP contribution in [0, 0.1) is 0 Å². The summed E-state index contributed by atoms with van der Waals surface area (Å²) < 4.78 is 38.3. The van der Waals surface area contributed by atoms with Gasteiger partial charge in [-0.25, -0.2) is 0 Å². The van der Waals surface area contributed by atoms with E-state index in [0.29, 0.717) is 13.1 Å². The van der Waals surface area contributed by atoms with Crippen LogP contribution in [0.1, 0.15) is 24.0 Å². The van der Waals surface area contributed by atoms with E-state index in [4.69, 9.17) is 0 Å². The van der Waals surface area contributed by atoms with Crippen LogP contribution in [0.25, 0.3) is 0 Å². The lowest BCUT2D eigenvalue weighted by Crippen LogP contribution is -2.29. The average molecular weight is 257 g/mol. The van der Waals surface area contributed by atoms with Crippen LogP contribution in [0.15, 0.2) is 24.3 Å². The number of amides is 1. The van der Waals surface area contributed by atoms with E-state index in [0.717, 1.165) is 18.9 Å². The lowest BCUT2D eigenvalue weighted by molar-refractivity contribution is -0.138. The lowest BCUT2D eigenvalue weighted by Gasteiger charge is -2.17. The van der Waals surface area contributed by atoms with Crippen LogP contribution in [-0.4, -0.2) is 23.9 Å². The highest BCUT2D eigenvalue weighted by Gasteiger charge is 2.33. The van der Waals surface area contributed by atoms with Crippen molar-refractivity contribution in [2.24, 2.45) is 0 Å². The normalized spacial score (nSPS) is 16.1. The van der Waals surface area contributed by atoms with Crippen molar-refractivity contribution in [2.75, 3.05) is 13.1 Å². The van der Waals surface area contributed by atoms with Gasteiger partial charge < -0.3 is 4.90 Å². The molecule has 2 nitrogen and oxygen atoms in total. The number of benzene rings is 1. The molecule has 0 unspecified atom stereocenters. The van der Waals surface area contributed by atoms with E-state index in [1.807, 2.05) is 0 Å². The summed E-state index contributed by atoms with van der Waals surface area (Å²) in [6, 6.07) is 5.26. The predicted molar refractivity (Wildman–Crippen MR) is 61.0 cm³/mol. The molecule has 0 bridgehead atoms. The Balaban J connectivity index is 2.16. The third-order valence-electron chi connectivity index (χ3n) is 3.12. The quantitative estimate of drug-likeness (QED) is 0.797. The highest BCUT2D eigenvalue weighted by molar-refractivity contribution is 5.79. The van der Waals surface area contributed by atoms with E-state index in [2.05, 4.69) is 0 Å². The molecule has 0 aliphatic carbocycles. The lowest BCUT2D eigenvalue weighted by atomic mass is 10.0. The summed E-state index contributed by atoms with van der Waals surface area (Å²) in [5.41, 5.74) is -0.653. The highest BCUT2D eigenvalue weighted by atomic mass is 19.4. The van der Waals surface area contributed by atoms with Crippen LogP contribution in [0.2, 0.25) is 0 Å². The van der Waals surface area contributed by atoms with Crippen molar-refractivity contribution < 1.29 is 18.0 Å². The van der Waals surface area contributed by atoms with Crippen molar-refractivity contribution >= 4 is 5.91 Å². The Morgan fingerprint density at radius 2 is 1.78 bits per heavy atom. The minimum absolute atomic E-state index is 0.0573. The highest BCUT2D eigenvalue weighted by Crippen LogP contribution is 2.32. The van der Waals surface area contributed by atoms with Crippen LogP contribution in [0.4, 0.5) is 13.2 Å². The smallest absolute Gasteiger partial charge is 0.342 e. The Kier molecular flexibility index (Phi) is 3.59. The van der Waals surface area contributed by atoms with E-state index < -0.39 is 11.7 Å². The standard InChI is InChI=1S/C13H14F3NO/c14-13(15,16)11-6-2-1-5-10(11)9-12(18)17-7-3-4-8-17/h1-2,5-6H,3-4,7-9H2. The third kappa shape index (κ3) is 2.83. The molecule has 0 spiro atoms. The molecule has 1 aliphatic heterocycles. The number of hydrogen-bond donors (Lipinski definition) is 0. The van der Waals surface area contributed by atoms with Crippen LogP contribution in [0.3, 0.4) is 0 Å². The van der Waals surface area contributed by atoms with Gasteiger partial charge in [0, 0.05) is 13.1 Å². The summed E-state index contributed by atoms with van der Waals surface area (Å²) in [7, 11) is 0. The molecule has 0 radical (unpaired) electrons. The van der Waals surface area contributed by atoms with E-state index in [1.54, 1.807) is 4.90 Å². The maximum atomic E-state index is 12.8. The fourth-order valence-electron chi connectivity index (χ4n) is 2.19. The summed E-state index contributed by atoms with van der Waals surface area (Å²) >= 11 is 0. The molecule has 1 aliphatic rings. The number of carbonyl (C=O) groups excluding carboxylic acids is 1. The number of rotatable bonds is 2. The molecule has 1 fully saturated rings. The van der Waals surface area contributed by atoms with Crippen molar-refractivity contribution in [1.82, 2.24) is 4.90 Å². The van der Waals surface area contributed by atoms with Gasteiger partial charge in [0.25, 0.3) is 0 Å². The zero-order chi connectivity index (χ0) is 13.2. The molecule has 2 rings (SSSR count). The zero-order valence-electron chi connectivity index (χ0n) is 9.83. The number of nitrogens with zero attached hydrogens (tertiary/aromatic N) is 1. The second kappa shape index (κ2) is 5.00. The van der Waals surface area contributed by atoms with Gasteiger partial charge >= 0.3 is 6.18 Å². The van der Waals surface area contributed by atoms with E-state index in [9.17, 15) is 18.0 Å². The van der Waals surface area contributed by atoms with Gasteiger partial charge in [-0.2, -0.15) is 13.2 Å². The fraction of sp³-hybridized carbons (Fsp3) is 0.462. The molecule has 18 heavy (non-hydrogen) atoms. The molecule has 98 valence electrons. The second-order valence-corrected chi connectivity index (χ2v) is 4.42. The first-order valence-electron chi connectivity index (χ1n) is 5.91. The van der Waals surface area contributed by atoms with Crippen molar-refractivity contribution in [3.8, 4) is 0 Å². The molecule has 5 heteroatoms. The van der Waals surface area contributed by atoms with Crippen LogP contribution < -0.4 is 0 Å². The Labute approximate surface area is 103 Å². The van der Waals surface area contributed by atoms with E-state index in [1.165, 1.54) is 18.2 Å². The molecule has 1 saturated heterocycles. The topological polar surface area (TPSA) is 20.3 Å². The van der Waals surface area contributed by atoms with Gasteiger partial charge in [0.1, 0.15) is 0 Å². The van der Waals surface area contributed by atoms with Crippen LogP contribution in [-0.2, 0) is 17.4 Å². The first-order chi connectivity index (χ1) is 8.48. The fourth-order valence-corrected chi connectivity index (χ4v) is 2.19. The largest absolute Gasteiger partial charge is 0.416 e. The van der Waals surface area contributed by atoms with Gasteiger partial charge in [-0.3, -0.25) is 4.79 Å². The number of likely N-dealkylation sites (tertiary alicyclic amines) is 1. The number of hydrogen-bond acceptors (Lipinski definition) is 1. The van der Waals surface area contributed by atoms with Gasteiger partial charge in [0.2, 0.25) is 5.91 Å². The van der Waals surface area contributed by atoms with Gasteiger partial charge in [-0.15, -0.1) is 0 Å². The monoisotopic (exact) mass is 257 g/mol. The van der Waals surface area contributed by atoms with Crippen molar-refractivity contribution in [3.63, 3.8) is 0 Å². The SMILES string of the molecule is O=C(Cc1ccccc1C(F)(F)F)N1CCCC1. The second-order valence-electron chi connectivity index (χ2n) is 4.42. The summed E-state index contributed by atoms with van der Waals surface area (Å²) in [4.78, 5) is 13.5. The van der Waals surface area contributed by atoms with Gasteiger partial charge in [-0.05, 0) is 24.5 Å². The average Bonchev–Trinajstić information content (AvgIpc) is 2.81. The first-order valence-corrected chi connectivity index (χ1v) is 5.91. The number of carbonyl (C=O) groups is 1. The Hall–Kier alpha value is -1.52. The maximum Gasteiger partial charge on any atom is 0.416 e. The summed E-state index contributed by atoms with van der Waals surface area (Å²) in [5, 5.41) is 0. The summed E-state index contributed by atoms with van der Waals surface area (Å²) in [6.07, 6.45) is -2.70. The van der Waals surface area contributed by atoms with E-state index in [-0.39, 0.29) is 17.9 Å². The molecule has 1 aromatic rings. The Morgan fingerprint density at radius 3 is 2.39 bits per heavy atom. The minimum Gasteiger partial charge on any atom is -0.342 e. The van der Waals surface area contributed by atoms with Gasteiger partial charge in [0.15, 0.2) is 0 Å². The zero-order valence-corrected chi connectivity index (χ0v) is 9.83. The number of halogens is 3. The van der Waals surface area contributed by atoms with Crippen molar-refractivity contribution in [3.05, 3.63) is 35.4 Å². The molecular weight excluding hydrogens is 243 g/mol. The molecule has 1 amide bonds. The van der Waals surface area contributed by atoms with Crippen LogP contribution in [0.5, 0.6) is 0 Å². The van der Waals surface area contributed by atoms with E-state index >= 15 is 0 Å². The molecule has 1 aromatic carbocycles. The Bertz CT molecular complexity index is 436. The van der Waals surface area contributed by atoms with Crippen LogP contribution >= 0.6 is 0 Å². The number of alkyl halides is 3. The van der Waals surface area contributed by atoms with Crippen molar-refractivity contribution in [1.29, 1.82) is 0 Å². The summed E-state index contributed by atoms with van der Waals surface area (Å²) in [6.45, 7) is 1.32. The Morgan fingerprint density at radius 1 is 1.17 bits per heavy atom. The first kappa shape index (κ1) is 12.9. The summed E-state index contributed by atoms with van der Waals surface area (Å²) in [5.74, 6) is -0.218. The third-order valence-corrected chi connectivity index (χ3v) is 3.12. The minimum atomic E-state index is -4.40. The van der Waals surface area contributed by atoms with Gasteiger partial charge in [-0.1, -0.05) is 18.2 Å². The molecular formula is C13H14F3NO. The molecule has 1 heterocycles. The van der Waals surface area contributed by atoms with Gasteiger partial charge in [0.05, 0.1) is 12.0 Å². The van der Waals surface area contributed by atoms with Crippen molar-refractivity contribution in [2.45, 2.75) is 25.4 Å². The molecule has 0 atom stereocenters.